The first-order valence-corrected chi connectivity index (χ1v) is 25.7. The van der Waals surface area contributed by atoms with Crippen molar-refractivity contribution in [1.82, 2.24) is 0 Å². The SMILES string of the molecule is CCCCCCCCCC/C=C/CCCCCC(=O)OCCOc1ccc(S(=O)(=O)c2ccc(OCCOC(=O)CCCCC/C=C/CCCCCCCCCC)cc2)cc1. The summed E-state index contributed by atoms with van der Waals surface area (Å²) in [7, 11) is -3.75. The van der Waals surface area contributed by atoms with Gasteiger partial charge in [0.1, 0.15) is 37.9 Å². The van der Waals surface area contributed by atoms with Gasteiger partial charge in [-0.05, 0) is 113 Å². The first-order valence-electron chi connectivity index (χ1n) is 24.2. The predicted octanol–water partition coefficient (Wildman–Crippen LogP) is 14.4. The van der Waals surface area contributed by atoms with Crippen LogP contribution in [0.3, 0.4) is 0 Å². The van der Waals surface area contributed by atoms with Gasteiger partial charge in [-0.1, -0.05) is 141 Å². The van der Waals surface area contributed by atoms with Crippen molar-refractivity contribution in [3.05, 3.63) is 72.8 Å². The summed E-state index contributed by atoms with van der Waals surface area (Å²) in [6.07, 6.45) is 41.7. The smallest absolute Gasteiger partial charge is 0.305 e. The second kappa shape index (κ2) is 37.0. The lowest BCUT2D eigenvalue weighted by Gasteiger charge is -2.10. The van der Waals surface area contributed by atoms with Gasteiger partial charge >= 0.3 is 11.9 Å². The zero-order valence-electron chi connectivity index (χ0n) is 38.2. The number of esters is 2. The number of rotatable bonds is 40. The van der Waals surface area contributed by atoms with Crippen molar-refractivity contribution in [2.45, 2.75) is 203 Å². The molecule has 0 N–H and O–H groups in total. The minimum Gasteiger partial charge on any atom is -0.490 e. The maximum atomic E-state index is 13.2. The van der Waals surface area contributed by atoms with Gasteiger partial charge < -0.3 is 18.9 Å². The van der Waals surface area contributed by atoms with Crippen LogP contribution in [-0.4, -0.2) is 46.8 Å². The minimum absolute atomic E-state index is 0.134. The highest BCUT2D eigenvalue weighted by Gasteiger charge is 2.18. The normalized spacial score (nSPS) is 11.7. The summed E-state index contributed by atoms with van der Waals surface area (Å²) in [6.45, 7) is 5.14. The molecule has 0 aliphatic rings. The van der Waals surface area contributed by atoms with Gasteiger partial charge in [-0.2, -0.15) is 0 Å². The van der Waals surface area contributed by atoms with Gasteiger partial charge in [0.25, 0.3) is 0 Å². The van der Waals surface area contributed by atoms with Gasteiger partial charge in [0.15, 0.2) is 0 Å². The van der Waals surface area contributed by atoms with Crippen LogP contribution in [0, 0.1) is 0 Å². The zero-order valence-corrected chi connectivity index (χ0v) is 39.0. The maximum absolute atomic E-state index is 13.2. The van der Waals surface area contributed by atoms with E-state index in [1.807, 2.05) is 0 Å². The largest absolute Gasteiger partial charge is 0.490 e. The molecule has 0 unspecified atom stereocenters. The molecule has 0 aromatic heterocycles. The molecule has 0 amide bonds. The van der Waals surface area contributed by atoms with Crippen LogP contribution in [0.2, 0.25) is 0 Å². The van der Waals surface area contributed by atoms with Gasteiger partial charge in [-0.3, -0.25) is 9.59 Å². The van der Waals surface area contributed by atoms with Crippen LogP contribution in [0.5, 0.6) is 11.5 Å². The number of benzene rings is 2. The molecule has 61 heavy (non-hydrogen) atoms. The molecule has 0 aliphatic heterocycles. The highest BCUT2D eigenvalue weighted by molar-refractivity contribution is 7.91. The molecule has 0 bridgehead atoms. The van der Waals surface area contributed by atoms with E-state index in [2.05, 4.69) is 38.2 Å². The Labute approximate surface area is 371 Å². The summed E-state index contributed by atoms with van der Waals surface area (Å²) in [5, 5.41) is 0. The van der Waals surface area contributed by atoms with Crippen LogP contribution in [-0.2, 0) is 28.9 Å². The van der Waals surface area contributed by atoms with E-state index in [-0.39, 0.29) is 48.2 Å². The Morgan fingerprint density at radius 1 is 0.410 bits per heavy atom. The Morgan fingerprint density at radius 3 is 1.03 bits per heavy atom. The molecule has 0 saturated heterocycles. The second-order valence-corrected chi connectivity index (χ2v) is 18.2. The minimum atomic E-state index is -3.75. The number of hydrogen-bond acceptors (Lipinski definition) is 8. The average molecular weight is 867 g/mol. The van der Waals surface area contributed by atoms with E-state index in [0.29, 0.717) is 24.3 Å². The zero-order chi connectivity index (χ0) is 43.9. The first kappa shape index (κ1) is 53.5. The summed E-state index contributed by atoms with van der Waals surface area (Å²) in [6, 6.07) is 12.4. The van der Waals surface area contributed by atoms with Crippen LogP contribution in [0.1, 0.15) is 194 Å². The van der Waals surface area contributed by atoms with Gasteiger partial charge in [0.05, 0.1) is 9.79 Å². The maximum Gasteiger partial charge on any atom is 0.305 e. The number of unbranched alkanes of at least 4 members (excludes halogenated alkanes) is 22. The van der Waals surface area contributed by atoms with Crippen LogP contribution in [0.4, 0.5) is 0 Å². The first-order chi connectivity index (χ1) is 29.9. The molecule has 0 heterocycles. The quantitative estimate of drug-likeness (QED) is 0.0370. The van der Waals surface area contributed by atoms with Crippen molar-refractivity contribution in [2.24, 2.45) is 0 Å². The van der Waals surface area contributed by atoms with Crippen molar-refractivity contribution < 1.29 is 37.0 Å². The third-order valence-corrected chi connectivity index (χ3v) is 12.6. The highest BCUT2D eigenvalue weighted by atomic mass is 32.2. The molecular formula is C52H82O8S. The van der Waals surface area contributed by atoms with Crippen molar-refractivity contribution in [2.75, 3.05) is 26.4 Å². The van der Waals surface area contributed by atoms with Crippen molar-refractivity contribution >= 4 is 21.8 Å². The van der Waals surface area contributed by atoms with Crippen molar-refractivity contribution in [1.29, 1.82) is 0 Å². The lowest BCUT2D eigenvalue weighted by molar-refractivity contribution is -0.145. The second-order valence-electron chi connectivity index (χ2n) is 16.3. The van der Waals surface area contributed by atoms with Gasteiger partial charge in [0.2, 0.25) is 9.84 Å². The fourth-order valence-electron chi connectivity index (χ4n) is 7.02. The van der Waals surface area contributed by atoms with Crippen molar-refractivity contribution in [3.8, 4) is 11.5 Å². The number of hydrogen-bond donors (Lipinski definition) is 0. The van der Waals surface area contributed by atoms with Crippen LogP contribution in [0.15, 0.2) is 82.6 Å². The Kier molecular flexibility index (Phi) is 32.5. The third-order valence-electron chi connectivity index (χ3n) is 10.8. The predicted molar refractivity (Wildman–Crippen MR) is 250 cm³/mol. The molecule has 344 valence electrons. The lowest BCUT2D eigenvalue weighted by atomic mass is 10.1. The summed E-state index contributed by atoms with van der Waals surface area (Å²) >= 11 is 0. The van der Waals surface area contributed by atoms with Gasteiger partial charge in [-0.15, -0.1) is 0 Å². The Hall–Kier alpha value is -3.59. The average Bonchev–Trinajstić information content (AvgIpc) is 3.27. The van der Waals surface area contributed by atoms with E-state index in [4.69, 9.17) is 18.9 Å². The van der Waals surface area contributed by atoms with Crippen molar-refractivity contribution in [3.63, 3.8) is 0 Å². The Bertz CT molecular complexity index is 1420. The lowest BCUT2D eigenvalue weighted by Crippen LogP contribution is -2.12. The number of carbonyl (C=O) groups excluding carboxylic acids is 2. The van der Waals surface area contributed by atoms with Crippen LogP contribution in [0.25, 0.3) is 0 Å². The third kappa shape index (κ3) is 28.6. The molecule has 9 heteroatoms. The molecule has 2 rings (SSSR count). The van der Waals surface area contributed by atoms with E-state index in [1.54, 1.807) is 24.3 Å². The molecule has 0 radical (unpaired) electrons. The monoisotopic (exact) mass is 867 g/mol. The number of sulfone groups is 1. The molecule has 0 fully saturated rings. The van der Waals surface area contributed by atoms with Gasteiger partial charge in [-0.25, -0.2) is 8.42 Å². The summed E-state index contributed by atoms with van der Waals surface area (Å²) in [5.41, 5.74) is 0. The molecule has 2 aromatic carbocycles. The molecule has 2 aromatic rings. The van der Waals surface area contributed by atoms with E-state index >= 15 is 0 Å². The fraction of sp³-hybridized carbons (Fsp3) is 0.654. The molecule has 0 aliphatic carbocycles. The summed E-state index contributed by atoms with van der Waals surface area (Å²) < 4.78 is 48.4. The molecule has 0 saturated carbocycles. The fourth-order valence-corrected chi connectivity index (χ4v) is 8.28. The molecule has 8 nitrogen and oxygen atoms in total. The molecule has 0 spiro atoms. The van der Waals surface area contributed by atoms with E-state index < -0.39 is 9.84 Å². The highest BCUT2D eigenvalue weighted by Crippen LogP contribution is 2.25. The number of ether oxygens (including phenoxy) is 4. The standard InChI is InChI=1S/C52H82O8S/c1-3-5-7-9-11-13-15-17-19-21-23-25-27-29-31-33-51(53)59-45-43-57-47-35-39-49(40-36-47)61(55,56)50-41-37-48(38-42-50)58-44-46-60-52(54)34-32-30-28-26-24-22-20-18-16-14-12-10-8-6-4-2/h21-24,35-42H,3-20,25-34,43-46H2,1-2H3/b23-21+,24-22+. The number of allylic oxidation sites excluding steroid dienone is 4. The van der Waals surface area contributed by atoms with Crippen LogP contribution >= 0.6 is 0 Å². The summed E-state index contributed by atoms with van der Waals surface area (Å²) in [4.78, 5) is 24.5. The Morgan fingerprint density at radius 2 is 0.705 bits per heavy atom. The van der Waals surface area contributed by atoms with E-state index in [9.17, 15) is 18.0 Å². The van der Waals surface area contributed by atoms with Crippen LogP contribution < -0.4 is 9.47 Å². The Balaban J connectivity index is 1.49. The molecule has 0 atom stereocenters. The van der Waals surface area contributed by atoms with Gasteiger partial charge in [0, 0.05) is 12.8 Å². The topological polar surface area (TPSA) is 105 Å². The van der Waals surface area contributed by atoms with E-state index in [1.165, 1.54) is 140 Å². The molecular weight excluding hydrogens is 785 g/mol. The summed E-state index contributed by atoms with van der Waals surface area (Å²) in [5.74, 6) is 0.521. The number of carbonyl (C=O) groups is 2. The van der Waals surface area contributed by atoms with E-state index in [0.717, 1.165) is 51.4 Å².